The molecule has 0 radical (unpaired) electrons. The zero-order valence-corrected chi connectivity index (χ0v) is 12.7. The minimum atomic E-state index is -0.995. The molecule has 1 atom stereocenters. The number of hydrogen-bond acceptors (Lipinski definition) is 4. The maximum Gasteiger partial charge on any atom is 0.331 e. The highest BCUT2D eigenvalue weighted by atomic mass is 28.1. The molecule has 0 saturated heterocycles. The number of carboxylic acids is 1. The third kappa shape index (κ3) is 2.91. The van der Waals surface area contributed by atoms with Crippen LogP contribution in [-0.2, 0) is 19.0 Å². The quantitative estimate of drug-likeness (QED) is 0.398. The van der Waals surface area contributed by atoms with Crippen molar-refractivity contribution < 1.29 is 24.1 Å². The highest BCUT2D eigenvalue weighted by Gasteiger charge is 2.44. The van der Waals surface area contributed by atoms with Crippen molar-refractivity contribution in [1.29, 1.82) is 0 Å². The Balaban J connectivity index is 5.36. The first-order valence-corrected chi connectivity index (χ1v) is 5.84. The SMILES string of the molecule is COC([SiH3])(C=C(C)C(=O)O)C(C)(OC)OC. The normalized spacial score (nSPS) is 17.2. The van der Waals surface area contributed by atoms with Crippen molar-refractivity contribution in [3.8, 4) is 0 Å². The van der Waals surface area contributed by atoms with Gasteiger partial charge in [0.25, 0.3) is 0 Å². The Morgan fingerprint density at radius 1 is 1.25 bits per heavy atom. The van der Waals surface area contributed by atoms with Gasteiger partial charge >= 0.3 is 5.97 Å². The van der Waals surface area contributed by atoms with E-state index in [4.69, 9.17) is 19.3 Å². The number of carboxylic acid groups (broad SMARTS) is 1. The van der Waals surface area contributed by atoms with Gasteiger partial charge in [-0.15, -0.1) is 0 Å². The molecule has 94 valence electrons. The van der Waals surface area contributed by atoms with Gasteiger partial charge in [-0.25, -0.2) is 4.79 Å². The van der Waals surface area contributed by atoms with Gasteiger partial charge in [-0.05, 0) is 19.9 Å². The first-order chi connectivity index (χ1) is 7.26. The fourth-order valence-electron chi connectivity index (χ4n) is 1.34. The predicted molar refractivity (Wildman–Crippen MR) is 63.5 cm³/mol. The number of rotatable bonds is 6. The monoisotopic (exact) mass is 248 g/mol. The van der Waals surface area contributed by atoms with Crippen LogP contribution in [0.1, 0.15) is 13.8 Å². The summed E-state index contributed by atoms with van der Waals surface area (Å²) >= 11 is 0. The summed E-state index contributed by atoms with van der Waals surface area (Å²) in [5.74, 6) is -1.98. The van der Waals surface area contributed by atoms with Crippen molar-refractivity contribution in [1.82, 2.24) is 0 Å². The van der Waals surface area contributed by atoms with Gasteiger partial charge in [0, 0.05) is 26.9 Å². The van der Waals surface area contributed by atoms with E-state index in [0.717, 1.165) is 0 Å². The van der Waals surface area contributed by atoms with Gasteiger partial charge in [0.05, 0.1) is 10.2 Å². The van der Waals surface area contributed by atoms with E-state index in [2.05, 4.69) is 0 Å². The molecule has 6 heteroatoms. The molecule has 1 unspecified atom stereocenters. The molecule has 16 heavy (non-hydrogen) atoms. The molecule has 0 bridgehead atoms. The fraction of sp³-hybridized carbons (Fsp3) is 0.700. The third-order valence-corrected chi connectivity index (χ3v) is 4.54. The Morgan fingerprint density at radius 2 is 1.69 bits per heavy atom. The number of hydrogen-bond donors (Lipinski definition) is 1. The molecule has 0 aliphatic rings. The van der Waals surface area contributed by atoms with Crippen molar-refractivity contribution in [3.63, 3.8) is 0 Å². The van der Waals surface area contributed by atoms with E-state index in [9.17, 15) is 4.79 Å². The average molecular weight is 248 g/mol. The Hall–Kier alpha value is -0.693. The summed E-state index contributed by atoms with van der Waals surface area (Å²) in [7, 11) is 5.03. The Kier molecular flexibility index (Phi) is 5.34. The van der Waals surface area contributed by atoms with E-state index in [1.807, 2.05) is 0 Å². The second kappa shape index (κ2) is 5.58. The van der Waals surface area contributed by atoms with Crippen LogP contribution in [-0.4, -0.2) is 53.7 Å². The molecular formula is C10H20O5Si. The highest BCUT2D eigenvalue weighted by Crippen LogP contribution is 2.29. The molecule has 0 fully saturated rings. The predicted octanol–water partition coefficient (Wildman–Crippen LogP) is -0.266. The maximum atomic E-state index is 10.8. The molecule has 1 N–H and O–H groups in total. The molecular weight excluding hydrogens is 228 g/mol. The second-order valence-corrected chi connectivity index (χ2v) is 5.28. The lowest BCUT2D eigenvalue weighted by Gasteiger charge is -2.41. The zero-order chi connectivity index (χ0) is 13.0. The van der Waals surface area contributed by atoms with Crippen LogP contribution in [0, 0.1) is 0 Å². The van der Waals surface area contributed by atoms with Crippen molar-refractivity contribution in [2.75, 3.05) is 21.3 Å². The molecule has 0 aliphatic carbocycles. The molecule has 0 aliphatic heterocycles. The van der Waals surface area contributed by atoms with Crippen LogP contribution < -0.4 is 0 Å². The Labute approximate surface area is 98.8 Å². The van der Waals surface area contributed by atoms with E-state index in [1.165, 1.54) is 34.3 Å². The number of ether oxygens (including phenoxy) is 3. The number of aliphatic carboxylic acids is 1. The van der Waals surface area contributed by atoms with Gasteiger partial charge in [0.15, 0.2) is 5.79 Å². The molecule has 0 aromatic carbocycles. The minimum Gasteiger partial charge on any atom is -0.478 e. The number of carbonyl (C=O) groups is 1. The maximum absolute atomic E-state index is 10.8. The van der Waals surface area contributed by atoms with Gasteiger partial charge in [0.1, 0.15) is 5.22 Å². The Bertz CT molecular complexity index is 285. The second-order valence-electron chi connectivity index (χ2n) is 3.80. The summed E-state index contributed by atoms with van der Waals surface area (Å²) < 4.78 is 15.9. The summed E-state index contributed by atoms with van der Waals surface area (Å²) in [6.07, 6.45) is 1.54. The molecule has 0 amide bonds. The van der Waals surface area contributed by atoms with E-state index in [0.29, 0.717) is 10.2 Å². The van der Waals surface area contributed by atoms with Crippen molar-refractivity contribution >= 4 is 16.2 Å². The topological polar surface area (TPSA) is 65.0 Å². The first-order valence-electron chi connectivity index (χ1n) is 4.84. The standard InChI is InChI=1S/C10H20O5Si/c1-7(8(11)12)6-10(16,15-5)9(2,13-3)14-4/h6H,1-5,16H3,(H,11,12). The summed E-state index contributed by atoms with van der Waals surface area (Å²) in [5.41, 5.74) is 0.206. The molecule has 0 saturated carbocycles. The summed E-state index contributed by atoms with van der Waals surface area (Å²) in [6.45, 7) is 3.23. The Morgan fingerprint density at radius 3 is 1.94 bits per heavy atom. The zero-order valence-electron chi connectivity index (χ0n) is 10.7. The van der Waals surface area contributed by atoms with Gasteiger partial charge in [-0.1, -0.05) is 0 Å². The van der Waals surface area contributed by atoms with Crippen LogP contribution in [0.3, 0.4) is 0 Å². The third-order valence-electron chi connectivity index (χ3n) is 2.93. The summed E-state index contributed by atoms with van der Waals surface area (Å²) in [5, 5.41) is 8.01. The summed E-state index contributed by atoms with van der Waals surface area (Å²) in [6, 6.07) is 0. The van der Waals surface area contributed by atoms with Crippen LogP contribution in [0.4, 0.5) is 0 Å². The molecule has 0 heterocycles. The average Bonchev–Trinajstić information content (AvgIpc) is 2.27. The van der Waals surface area contributed by atoms with Crippen LogP contribution in [0.25, 0.3) is 0 Å². The molecule has 0 spiro atoms. The first kappa shape index (κ1) is 15.3. The molecule has 0 rings (SSSR count). The van der Waals surface area contributed by atoms with Crippen molar-refractivity contribution in [3.05, 3.63) is 11.6 Å². The van der Waals surface area contributed by atoms with Gasteiger partial charge in [0.2, 0.25) is 0 Å². The van der Waals surface area contributed by atoms with Crippen LogP contribution >= 0.6 is 0 Å². The lowest BCUT2D eigenvalue weighted by atomic mass is 10.1. The number of methoxy groups -OCH3 is 3. The van der Waals surface area contributed by atoms with Crippen molar-refractivity contribution in [2.45, 2.75) is 24.9 Å². The lowest BCUT2D eigenvalue weighted by Crippen LogP contribution is -2.55. The molecule has 0 aromatic rings. The minimum absolute atomic E-state index is 0.206. The van der Waals surface area contributed by atoms with Crippen LogP contribution in [0.15, 0.2) is 11.6 Å². The van der Waals surface area contributed by atoms with E-state index in [-0.39, 0.29) is 5.57 Å². The van der Waals surface area contributed by atoms with E-state index in [1.54, 1.807) is 6.92 Å². The van der Waals surface area contributed by atoms with E-state index < -0.39 is 17.0 Å². The van der Waals surface area contributed by atoms with Gasteiger partial charge < -0.3 is 19.3 Å². The van der Waals surface area contributed by atoms with Gasteiger partial charge in [-0.3, -0.25) is 0 Å². The highest BCUT2D eigenvalue weighted by molar-refractivity contribution is 6.17. The fourth-order valence-corrected chi connectivity index (χ4v) is 2.18. The van der Waals surface area contributed by atoms with Crippen molar-refractivity contribution in [2.24, 2.45) is 0 Å². The lowest BCUT2D eigenvalue weighted by molar-refractivity contribution is -0.255. The van der Waals surface area contributed by atoms with Crippen LogP contribution in [0.5, 0.6) is 0 Å². The largest absolute Gasteiger partial charge is 0.478 e. The summed E-state index contributed by atoms with van der Waals surface area (Å²) in [4.78, 5) is 10.8. The van der Waals surface area contributed by atoms with Crippen LogP contribution in [0.2, 0.25) is 0 Å². The van der Waals surface area contributed by atoms with Gasteiger partial charge in [-0.2, -0.15) is 0 Å². The molecule has 0 aromatic heterocycles. The smallest absolute Gasteiger partial charge is 0.331 e. The molecule has 5 nitrogen and oxygen atoms in total. The van der Waals surface area contributed by atoms with E-state index >= 15 is 0 Å².